The lowest BCUT2D eigenvalue weighted by atomic mass is 9.91. The number of esters is 1. The molecule has 3 saturated heterocycles. The maximum Gasteiger partial charge on any atom is 0.302 e. The zero-order valence-corrected chi connectivity index (χ0v) is 22.1. The third-order valence-corrected chi connectivity index (χ3v) is 7.78. The largest absolute Gasteiger partial charge is 0.462 e. The van der Waals surface area contributed by atoms with Crippen molar-refractivity contribution in [2.24, 2.45) is 0 Å². The van der Waals surface area contributed by atoms with Crippen LogP contribution in [0.2, 0.25) is 0 Å². The van der Waals surface area contributed by atoms with Gasteiger partial charge in [-0.05, 0) is 19.3 Å². The van der Waals surface area contributed by atoms with Gasteiger partial charge in [0.15, 0.2) is 12.1 Å². The van der Waals surface area contributed by atoms with Crippen molar-refractivity contribution in [3.8, 4) is 0 Å². The summed E-state index contributed by atoms with van der Waals surface area (Å²) in [5.74, 6) is -1.19. The number of hydrogen-bond donors (Lipinski definition) is 2. The van der Waals surface area contributed by atoms with E-state index in [0.717, 1.165) is 25.7 Å². The molecule has 0 amide bonds. The lowest BCUT2D eigenvalue weighted by Crippen LogP contribution is -2.48. The Labute approximate surface area is 212 Å². The molecule has 0 radical (unpaired) electrons. The number of aliphatic hydroxyl groups excluding tert-OH is 2. The molecule has 3 aliphatic heterocycles. The molecular formula is C28H50O7. The zero-order valence-electron chi connectivity index (χ0n) is 22.1. The fourth-order valence-corrected chi connectivity index (χ4v) is 6.06. The van der Waals surface area contributed by atoms with E-state index >= 15 is 0 Å². The SMILES string of the molecule is CCCCCCCCCCCCCC(O)CC1CC(OC(C)=O)CC2(CC3OC(O)CCC3O2)O1. The van der Waals surface area contributed by atoms with Gasteiger partial charge < -0.3 is 29.2 Å². The first-order chi connectivity index (χ1) is 16.9. The van der Waals surface area contributed by atoms with Crippen LogP contribution in [-0.2, 0) is 23.7 Å². The van der Waals surface area contributed by atoms with Gasteiger partial charge in [0.25, 0.3) is 0 Å². The number of carbonyl (C=O) groups is 1. The van der Waals surface area contributed by atoms with Gasteiger partial charge in [0, 0.05) is 32.6 Å². The Morgan fingerprint density at radius 1 is 0.943 bits per heavy atom. The van der Waals surface area contributed by atoms with Gasteiger partial charge in [-0.3, -0.25) is 4.79 Å². The van der Waals surface area contributed by atoms with E-state index in [-0.39, 0.29) is 30.4 Å². The normalized spacial score (nSPS) is 33.5. The molecule has 7 unspecified atom stereocenters. The molecule has 35 heavy (non-hydrogen) atoms. The third kappa shape index (κ3) is 9.92. The fourth-order valence-electron chi connectivity index (χ4n) is 6.06. The molecule has 0 aliphatic carbocycles. The van der Waals surface area contributed by atoms with E-state index in [1.54, 1.807) is 0 Å². The Hall–Kier alpha value is -0.730. The van der Waals surface area contributed by atoms with Gasteiger partial charge in [-0.25, -0.2) is 0 Å². The number of fused-ring (bicyclic) bond motifs is 1. The summed E-state index contributed by atoms with van der Waals surface area (Å²) in [6.07, 6.45) is 16.2. The highest BCUT2D eigenvalue weighted by atomic mass is 16.7. The molecular weight excluding hydrogens is 448 g/mol. The van der Waals surface area contributed by atoms with Crippen LogP contribution >= 0.6 is 0 Å². The van der Waals surface area contributed by atoms with Crippen LogP contribution in [0.5, 0.6) is 0 Å². The van der Waals surface area contributed by atoms with Crippen molar-refractivity contribution >= 4 is 5.97 Å². The molecule has 0 aromatic heterocycles. The summed E-state index contributed by atoms with van der Waals surface area (Å²) in [7, 11) is 0. The van der Waals surface area contributed by atoms with Crippen molar-refractivity contribution in [3.05, 3.63) is 0 Å². The van der Waals surface area contributed by atoms with Crippen molar-refractivity contribution < 1.29 is 34.0 Å². The van der Waals surface area contributed by atoms with E-state index in [4.69, 9.17) is 18.9 Å². The fraction of sp³-hybridized carbons (Fsp3) is 0.964. The van der Waals surface area contributed by atoms with Crippen molar-refractivity contribution in [1.82, 2.24) is 0 Å². The first-order valence-corrected chi connectivity index (χ1v) is 14.4. The summed E-state index contributed by atoms with van der Waals surface area (Å²) < 4.78 is 24.0. The molecule has 7 heteroatoms. The lowest BCUT2D eigenvalue weighted by Gasteiger charge is -2.42. The molecule has 0 aromatic rings. The van der Waals surface area contributed by atoms with Gasteiger partial charge in [-0.15, -0.1) is 0 Å². The van der Waals surface area contributed by atoms with Crippen LogP contribution in [0.3, 0.4) is 0 Å². The maximum atomic E-state index is 11.7. The highest BCUT2D eigenvalue weighted by molar-refractivity contribution is 5.66. The van der Waals surface area contributed by atoms with Crippen molar-refractivity contribution in [2.75, 3.05) is 0 Å². The summed E-state index contributed by atoms with van der Waals surface area (Å²) in [4.78, 5) is 11.7. The van der Waals surface area contributed by atoms with Crippen LogP contribution in [0.15, 0.2) is 0 Å². The van der Waals surface area contributed by atoms with E-state index in [2.05, 4.69) is 6.92 Å². The monoisotopic (exact) mass is 498 g/mol. The van der Waals surface area contributed by atoms with E-state index in [1.807, 2.05) is 0 Å². The Morgan fingerprint density at radius 2 is 1.60 bits per heavy atom. The molecule has 7 nitrogen and oxygen atoms in total. The van der Waals surface area contributed by atoms with Crippen LogP contribution in [0.1, 0.15) is 129 Å². The predicted octanol–water partition coefficient (Wildman–Crippen LogP) is 5.53. The molecule has 204 valence electrons. The number of hydrogen-bond acceptors (Lipinski definition) is 7. The second kappa shape index (κ2) is 14.9. The summed E-state index contributed by atoms with van der Waals surface area (Å²) in [5.41, 5.74) is 0. The summed E-state index contributed by atoms with van der Waals surface area (Å²) in [6, 6.07) is 0. The minimum atomic E-state index is -0.876. The van der Waals surface area contributed by atoms with Crippen molar-refractivity contribution in [3.63, 3.8) is 0 Å². The predicted molar refractivity (Wildman–Crippen MR) is 134 cm³/mol. The highest BCUT2D eigenvalue weighted by Gasteiger charge is 2.54. The van der Waals surface area contributed by atoms with Crippen LogP contribution in [0.25, 0.3) is 0 Å². The van der Waals surface area contributed by atoms with Gasteiger partial charge >= 0.3 is 5.97 Å². The molecule has 3 heterocycles. The van der Waals surface area contributed by atoms with Gasteiger partial charge in [0.05, 0.1) is 24.4 Å². The molecule has 3 aliphatic rings. The average molecular weight is 499 g/mol. The molecule has 3 fully saturated rings. The molecule has 0 bridgehead atoms. The highest BCUT2D eigenvalue weighted by Crippen LogP contribution is 2.46. The molecule has 0 aromatic carbocycles. The molecule has 3 rings (SSSR count). The first-order valence-electron chi connectivity index (χ1n) is 14.4. The van der Waals surface area contributed by atoms with Crippen LogP contribution in [0.4, 0.5) is 0 Å². The van der Waals surface area contributed by atoms with Gasteiger partial charge in [0.1, 0.15) is 6.10 Å². The minimum Gasteiger partial charge on any atom is -0.462 e. The second-order valence-corrected chi connectivity index (χ2v) is 11.1. The van der Waals surface area contributed by atoms with Crippen LogP contribution < -0.4 is 0 Å². The van der Waals surface area contributed by atoms with E-state index in [1.165, 1.54) is 64.7 Å². The Balaban J connectivity index is 1.36. The summed E-state index contributed by atoms with van der Waals surface area (Å²) in [6.45, 7) is 3.68. The Kier molecular flexibility index (Phi) is 12.3. The number of ether oxygens (including phenoxy) is 4. The topological polar surface area (TPSA) is 94.5 Å². The van der Waals surface area contributed by atoms with E-state index < -0.39 is 18.2 Å². The average Bonchev–Trinajstić information content (AvgIpc) is 3.12. The number of carbonyl (C=O) groups excluding carboxylic acids is 1. The third-order valence-electron chi connectivity index (χ3n) is 7.78. The smallest absolute Gasteiger partial charge is 0.302 e. The Bertz CT molecular complexity index is 614. The number of aliphatic hydroxyl groups is 2. The quantitative estimate of drug-likeness (QED) is 0.226. The lowest BCUT2D eigenvalue weighted by molar-refractivity contribution is -0.292. The van der Waals surface area contributed by atoms with Gasteiger partial charge in [0.2, 0.25) is 0 Å². The molecule has 2 N–H and O–H groups in total. The zero-order chi connectivity index (χ0) is 25.1. The standard InChI is InChI=1S/C28H50O7/c1-3-4-5-6-7-8-9-10-11-12-13-14-22(30)17-23-18-24(32-21(2)29)19-28(34-23)20-26-25(35-28)15-16-27(31)33-26/h22-27,30-31H,3-20H2,1-2H3. The van der Waals surface area contributed by atoms with E-state index in [0.29, 0.717) is 32.1 Å². The van der Waals surface area contributed by atoms with Crippen LogP contribution in [0, 0.1) is 0 Å². The number of unbranched alkanes of at least 4 members (excludes halogenated alkanes) is 10. The second-order valence-electron chi connectivity index (χ2n) is 11.1. The summed E-state index contributed by atoms with van der Waals surface area (Å²) >= 11 is 0. The Morgan fingerprint density at radius 3 is 2.26 bits per heavy atom. The van der Waals surface area contributed by atoms with Crippen molar-refractivity contribution in [2.45, 2.75) is 172 Å². The minimum absolute atomic E-state index is 0.114. The van der Waals surface area contributed by atoms with Crippen molar-refractivity contribution in [1.29, 1.82) is 0 Å². The van der Waals surface area contributed by atoms with E-state index in [9.17, 15) is 15.0 Å². The van der Waals surface area contributed by atoms with Gasteiger partial charge in [-0.2, -0.15) is 0 Å². The summed E-state index contributed by atoms with van der Waals surface area (Å²) in [5, 5.41) is 20.6. The maximum absolute atomic E-state index is 11.7. The first kappa shape index (κ1) is 28.8. The van der Waals surface area contributed by atoms with Gasteiger partial charge in [-0.1, -0.05) is 77.6 Å². The molecule has 1 spiro atoms. The number of rotatable bonds is 15. The molecule has 0 saturated carbocycles. The molecule has 7 atom stereocenters. The van der Waals surface area contributed by atoms with Crippen LogP contribution in [-0.4, -0.2) is 58.8 Å².